The Kier molecular flexibility index (Phi) is 10.1. The van der Waals surface area contributed by atoms with E-state index in [1.807, 2.05) is 25.6 Å². The molecule has 1 atom stereocenters. The summed E-state index contributed by atoms with van der Waals surface area (Å²) in [5, 5.41) is 13.5. The molecule has 1 unspecified atom stereocenters. The highest BCUT2D eigenvalue weighted by Gasteiger charge is 2.14. The Labute approximate surface area is 188 Å². The van der Waals surface area contributed by atoms with Crippen molar-refractivity contribution in [1.82, 2.24) is 20.4 Å². The van der Waals surface area contributed by atoms with E-state index in [1.165, 1.54) is 17.7 Å². The number of anilines is 1. The van der Waals surface area contributed by atoms with Crippen molar-refractivity contribution in [2.24, 2.45) is 12.0 Å². The lowest BCUT2D eigenvalue weighted by atomic mass is 10.1. The van der Waals surface area contributed by atoms with Crippen molar-refractivity contribution in [1.29, 1.82) is 0 Å². The van der Waals surface area contributed by atoms with E-state index >= 15 is 0 Å². The number of halogens is 2. The molecule has 29 heavy (non-hydrogen) atoms. The summed E-state index contributed by atoms with van der Waals surface area (Å²) in [6.07, 6.45) is 0.797. The molecular formula is C20H30FIN6O. The van der Waals surface area contributed by atoms with Crippen LogP contribution < -0.4 is 16.0 Å². The second kappa shape index (κ2) is 11.7. The molecule has 2 aromatic rings. The molecule has 0 spiro atoms. The second-order valence-corrected chi connectivity index (χ2v) is 6.78. The third kappa shape index (κ3) is 7.64. The molecule has 7 nitrogen and oxygen atoms in total. The number of amides is 1. The number of aliphatic imine (C=N–C) groups is 1. The van der Waals surface area contributed by atoms with Gasteiger partial charge in [-0.2, -0.15) is 5.10 Å². The maximum Gasteiger partial charge on any atom is 0.246 e. The number of aromatic nitrogens is 2. The summed E-state index contributed by atoms with van der Waals surface area (Å²) in [5.74, 6) is -0.149. The molecule has 3 N–H and O–H groups in total. The zero-order valence-electron chi connectivity index (χ0n) is 17.5. The van der Waals surface area contributed by atoms with E-state index in [9.17, 15) is 9.18 Å². The number of guanidine groups is 1. The SMILES string of the molecule is CCNC(=NCC(=O)Nc1cccc(F)c1)NC(C)Cc1c(C)nn(C)c1C.I. The molecular weight excluding hydrogens is 486 g/mol. The molecule has 1 aromatic carbocycles. The number of nitrogens with one attached hydrogen (secondary N) is 3. The van der Waals surface area contributed by atoms with Crippen molar-refractivity contribution in [2.45, 2.75) is 40.2 Å². The van der Waals surface area contributed by atoms with Crippen LogP contribution in [0.5, 0.6) is 0 Å². The Morgan fingerprint density at radius 2 is 2.07 bits per heavy atom. The normalized spacial score (nSPS) is 12.1. The topological polar surface area (TPSA) is 83.3 Å². The van der Waals surface area contributed by atoms with Crippen LogP contribution in [-0.2, 0) is 18.3 Å². The minimum Gasteiger partial charge on any atom is -0.357 e. The first-order valence-corrected chi connectivity index (χ1v) is 9.39. The monoisotopic (exact) mass is 516 g/mol. The van der Waals surface area contributed by atoms with E-state index in [0.717, 1.165) is 17.8 Å². The van der Waals surface area contributed by atoms with Crippen molar-refractivity contribution in [2.75, 3.05) is 18.4 Å². The molecule has 0 aliphatic heterocycles. The largest absolute Gasteiger partial charge is 0.357 e. The molecule has 0 fully saturated rings. The van der Waals surface area contributed by atoms with Gasteiger partial charge in [0.1, 0.15) is 12.4 Å². The highest BCUT2D eigenvalue weighted by Crippen LogP contribution is 2.14. The first-order chi connectivity index (χ1) is 13.3. The van der Waals surface area contributed by atoms with Gasteiger partial charge in [0, 0.05) is 31.0 Å². The summed E-state index contributed by atoms with van der Waals surface area (Å²) in [4.78, 5) is 16.4. The minimum atomic E-state index is -0.397. The summed E-state index contributed by atoms with van der Waals surface area (Å²) in [7, 11) is 1.94. The number of hydrogen-bond acceptors (Lipinski definition) is 3. The molecule has 0 saturated heterocycles. The standard InChI is InChI=1S/C20H29FN6O.HI/c1-6-22-20(23-12-19(28)25-17-9-7-8-16(21)11-17)24-13(2)10-18-14(3)26-27(5)15(18)4;/h7-9,11,13H,6,10,12H2,1-5H3,(H,25,28)(H2,22,23,24);1H. The highest BCUT2D eigenvalue weighted by atomic mass is 127. The predicted octanol–water partition coefficient (Wildman–Crippen LogP) is 2.92. The lowest BCUT2D eigenvalue weighted by Gasteiger charge is -2.18. The molecule has 0 saturated carbocycles. The maximum absolute atomic E-state index is 13.2. The minimum absolute atomic E-state index is 0. The number of rotatable bonds is 7. The van der Waals surface area contributed by atoms with E-state index in [4.69, 9.17) is 0 Å². The summed E-state index contributed by atoms with van der Waals surface area (Å²) in [6.45, 7) is 8.69. The molecule has 9 heteroatoms. The van der Waals surface area contributed by atoms with Crippen LogP contribution in [0.2, 0.25) is 0 Å². The molecule has 2 rings (SSSR count). The number of hydrogen-bond donors (Lipinski definition) is 3. The quantitative estimate of drug-likeness (QED) is 0.300. The van der Waals surface area contributed by atoms with Crippen LogP contribution in [0.15, 0.2) is 29.3 Å². The van der Waals surface area contributed by atoms with Gasteiger partial charge in [0.05, 0.1) is 5.69 Å². The lowest BCUT2D eigenvalue weighted by Crippen LogP contribution is -2.43. The van der Waals surface area contributed by atoms with E-state index in [0.29, 0.717) is 18.2 Å². The Balaban J connectivity index is 0.00000420. The zero-order chi connectivity index (χ0) is 20.7. The van der Waals surface area contributed by atoms with Gasteiger partial charge in [-0.25, -0.2) is 9.38 Å². The smallest absolute Gasteiger partial charge is 0.246 e. The predicted molar refractivity (Wildman–Crippen MR) is 125 cm³/mol. The van der Waals surface area contributed by atoms with E-state index in [1.54, 1.807) is 12.1 Å². The molecule has 1 heterocycles. The van der Waals surface area contributed by atoms with Gasteiger partial charge in [0.15, 0.2) is 5.96 Å². The van der Waals surface area contributed by atoms with E-state index in [2.05, 4.69) is 39.9 Å². The van der Waals surface area contributed by atoms with Gasteiger partial charge in [0.25, 0.3) is 0 Å². The molecule has 0 bridgehead atoms. The molecule has 0 aliphatic rings. The van der Waals surface area contributed by atoms with Crippen molar-refractivity contribution in [3.8, 4) is 0 Å². The number of carbonyl (C=O) groups excluding carboxylic acids is 1. The molecule has 0 radical (unpaired) electrons. The van der Waals surface area contributed by atoms with Gasteiger partial charge in [-0.15, -0.1) is 24.0 Å². The van der Waals surface area contributed by atoms with Crippen molar-refractivity contribution in [3.05, 3.63) is 47.0 Å². The highest BCUT2D eigenvalue weighted by molar-refractivity contribution is 14.0. The third-order valence-electron chi connectivity index (χ3n) is 4.39. The van der Waals surface area contributed by atoms with Gasteiger partial charge in [-0.3, -0.25) is 9.48 Å². The molecule has 160 valence electrons. The molecule has 1 aromatic heterocycles. The van der Waals surface area contributed by atoms with Crippen LogP contribution in [0.4, 0.5) is 10.1 Å². The van der Waals surface area contributed by atoms with Crippen LogP contribution in [0.1, 0.15) is 30.8 Å². The summed E-state index contributed by atoms with van der Waals surface area (Å²) < 4.78 is 15.1. The van der Waals surface area contributed by atoms with Gasteiger partial charge in [-0.05, 0) is 57.9 Å². The van der Waals surface area contributed by atoms with Crippen LogP contribution in [-0.4, -0.2) is 40.8 Å². The van der Waals surface area contributed by atoms with Gasteiger partial charge in [0.2, 0.25) is 5.91 Å². The fourth-order valence-corrected chi connectivity index (χ4v) is 2.94. The average Bonchev–Trinajstić information content (AvgIpc) is 2.86. The van der Waals surface area contributed by atoms with Crippen molar-refractivity contribution >= 4 is 41.5 Å². The van der Waals surface area contributed by atoms with Gasteiger partial charge >= 0.3 is 0 Å². The summed E-state index contributed by atoms with van der Waals surface area (Å²) in [5.41, 5.74) is 3.78. The average molecular weight is 516 g/mol. The van der Waals surface area contributed by atoms with E-state index in [-0.39, 0.29) is 42.5 Å². The van der Waals surface area contributed by atoms with Crippen LogP contribution in [0.3, 0.4) is 0 Å². The first kappa shape index (κ1) is 24.9. The number of nitrogens with zero attached hydrogens (tertiary/aromatic N) is 3. The number of aryl methyl sites for hydroxylation is 2. The van der Waals surface area contributed by atoms with Gasteiger partial charge in [-0.1, -0.05) is 6.07 Å². The number of benzene rings is 1. The zero-order valence-corrected chi connectivity index (χ0v) is 19.9. The third-order valence-corrected chi connectivity index (χ3v) is 4.39. The first-order valence-electron chi connectivity index (χ1n) is 9.39. The van der Waals surface area contributed by atoms with Crippen LogP contribution in [0.25, 0.3) is 0 Å². The molecule has 0 aliphatic carbocycles. The maximum atomic E-state index is 13.2. The Morgan fingerprint density at radius 3 is 2.66 bits per heavy atom. The van der Waals surface area contributed by atoms with Crippen molar-refractivity contribution < 1.29 is 9.18 Å². The second-order valence-electron chi connectivity index (χ2n) is 6.78. The molecule has 1 amide bonds. The fraction of sp³-hybridized carbons (Fsp3) is 0.450. The Hall–Kier alpha value is -2.17. The van der Waals surface area contributed by atoms with Crippen LogP contribution in [0, 0.1) is 19.7 Å². The van der Waals surface area contributed by atoms with E-state index < -0.39 is 5.82 Å². The fourth-order valence-electron chi connectivity index (χ4n) is 2.94. The Morgan fingerprint density at radius 1 is 1.34 bits per heavy atom. The Bertz CT molecular complexity index is 851. The summed E-state index contributed by atoms with van der Waals surface area (Å²) >= 11 is 0. The summed E-state index contributed by atoms with van der Waals surface area (Å²) in [6, 6.07) is 5.88. The lowest BCUT2D eigenvalue weighted by molar-refractivity contribution is -0.114. The van der Waals surface area contributed by atoms with Gasteiger partial charge < -0.3 is 16.0 Å². The van der Waals surface area contributed by atoms with Crippen LogP contribution >= 0.6 is 24.0 Å². The van der Waals surface area contributed by atoms with Crippen molar-refractivity contribution in [3.63, 3.8) is 0 Å². The number of carbonyl (C=O) groups is 1.